The molecule has 8 N–H and O–H groups in total. The number of amides is 1. The van der Waals surface area contributed by atoms with Crippen LogP contribution in [0.3, 0.4) is 0 Å². The lowest BCUT2D eigenvalue weighted by Crippen LogP contribution is -2.60. The van der Waals surface area contributed by atoms with Gasteiger partial charge in [-0.15, -0.1) is 0 Å². The average Bonchev–Trinajstić information content (AvgIpc) is 3.25. The van der Waals surface area contributed by atoms with Crippen molar-refractivity contribution in [2.75, 3.05) is 13.2 Å². The number of unbranched alkanes of at least 4 members (excludes halogenated alkanes) is 25. The predicted octanol–water partition coefficient (Wildman–Crippen LogP) is 8.62. The molecule has 11 heteroatoms. The Labute approximate surface area is 365 Å². The summed E-state index contributed by atoms with van der Waals surface area (Å²) in [5, 5.41) is 75.8. The first kappa shape index (κ1) is 56.6. The highest BCUT2D eigenvalue weighted by Crippen LogP contribution is 2.23. The number of carbonyl (C=O) groups excluding carboxylic acids is 1. The van der Waals surface area contributed by atoms with Gasteiger partial charge in [0.25, 0.3) is 0 Å². The molecule has 11 nitrogen and oxygen atoms in total. The number of aliphatic hydroxyl groups is 7. The lowest BCUT2D eigenvalue weighted by atomic mass is 9.98. The maximum absolute atomic E-state index is 13.1. The highest BCUT2D eigenvalue weighted by atomic mass is 16.7. The quantitative estimate of drug-likeness (QED) is 0.0218. The zero-order valence-corrected chi connectivity index (χ0v) is 38.2. The van der Waals surface area contributed by atoms with Crippen LogP contribution in [0.4, 0.5) is 0 Å². The van der Waals surface area contributed by atoms with Crippen molar-refractivity contribution in [2.24, 2.45) is 0 Å². The van der Waals surface area contributed by atoms with Crippen molar-refractivity contribution in [2.45, 2.75) is 268 Å². The summed E-state index contributed by atoms with van der Waals surface area (Å²) in [6, 6.07) is -1.17. The number of carbonyl (C=O) groups is 1. The second kappa shape index (κ2) is 39.2. The molecule has 1 saturated heterocycles. The summed E-state index contributed by atoms with van der Waals surface area (Å²) in [7, 11) is 0. The van der Waals surface area contributed by atoms with E-state index in [4.69, 9.17) is 9.47 Å². The fourth-order valence-electron chi connectivity index (χ4n) is 7.84. The first-order valence-electron chi connectivity index (χ1n) is 24.7. The highest BCUT2D eigenvalue weighted by molar-refractivity contribution is 5.80. The number of ether oxygens (including phenoxy) is 2. The Morgan fingerprint density at radius 3 is 1.40 bits per heavy atom. The van der Waals surface area contributed by atoms with Crippen LogP contribution >= 0.6 is 0 Å². The van der Waals surface area contributed by atoms with E-state index in [0.29, 0.717) is 19.3 Å². The maximum atomic E-state index is 13.1. The second-order valence-corrected chi connectivity index (χ2v) is 17.5. The number of nitrogens with one attached hydrogen (secondary N) is 1. The van der Waals surface area contributed by atoms with E-state index in [1.807, 2.05) is 0 Å². The molecule has 1 amide bonds. The largest absolute Gasteiger partial charge is 0.394 e. The fraction of sp³-hybridized carbons (Fsp3) is 0.898. The molecule has 0 bridgehead atoms. The van der Waals surface area contributed by atoms with Crippen LogP contribution in [0.2, 0.25) is 0 Å². The molecule has 1 fully saturated rings. The molecule has 9 atom stereocenters. The van der Waals surface area contributed by atoms with Crippen molar-refractivity contribution in [3.63, 3.8) is 0 Å². The Kier molecular flexibility index (Phi) is 37.0. The Balaban J connectivity index is 2.41. The molecule has 1 aliphatic heterocycles. The molecule has 0 unspecified atom stereocenters. The average molecular weight is 856 g/mol. The van der Waals surface area contributed by atoms with Crippen LogP contribution in [0.1, 0.15) is 213 Å². The molecule has 0 aromatic carbocycles. The van der Waals surface area contributed by atoms with E-state index in [9.17, 15) is 40.5 Å². The van der Waals surface area contributed by atoms with E-state index < -0.39 is 74.2 Å². The van der Waals surface area contributed by atoms with Crippen LogP contribution < -0.4 is 5.32 Å². The molecule has 354 valence electrons. The number of rotatable bonds is 41. The first-order chi connectivity index (χ1) is 29.2. The van der Waals surface area contributed by atoms with Gasteiger partial charge in [-0.05, 0) is 64.2 Å². The van der Waals surface area contributed by atoms with E-state index in [1.165, 1.54) is 109 Å². The summed E-state index contributed by atoms with van der Waals surface area (Å²) >= 11 is 0. The molecule has 0 aliphatic carbocycles. The Bertz CT molecular complexity index is 1030. The summed E-state index contributed by atoms with van der Waals surface area (Å²) < 4.78 is 11.1. The van der Waals surface area contributed by atoms with Crippen LogP contribution in [0, 0.1) is 0 Å². The predicted molar refractivity (Wildman–Crippen MR) is 242 cm³/mol. The van der Waals surface area contributed by atoms with E-state index in [2.05, 4.69) is 43.5 Å². The molecule has 1 heterocycles. The van der Waals surface area contributed by atoms with Crippen molar-refractivity contribution < 1.29 is 50.0 Å². The van der Waals surface area contributed by atoms with Crippen LogP contribution in [-0.4, -0.2) is 110 Å². The summed E-state index contributed by atoms with van der Waals surface area (Å²) in [5.74, 6) is -0.701. The Morgan fingerprint density at radius 2 is 0.967 bits per heavy atom. The number of hydrogen-bond acceptors (Lipinski definition) is 10. The van der Waals surface area contributed by atoms with E-state index in [-0.39, 0.29) is 6.42 Å². The van der Waals surface area contributed by atoms with Crippen molar-refractivity contribution in [1.82, 2.24) is 5.32 Å². The van der Waals surface area contributed by atoms with Crippen LogP contribution in [0.5, 0.6) is 0 Å². The Morgan fingerprint density at radius 1 is 0.567 bits per heavy atom. The molecule has 0 radical (unpaired) electrons. The van der Waals surface area contributed by atoms with E-state index in [1.54, 1.807) is 0 Å². The van der Waals surface area contributed by atoms with Gasteiger partial charge in [-0.3, -0.25) is 4.79 Å². The third-order valence-corrected chi connectivity index (χ3v) is 12.0. The van der Waals surface area contributed by atoms with Gasteiger partial charge in [-0.2, -0.15) is 0 Å². The third-order valence-electron chi connectivity index (χ3n) is 12.0. The lowest BCUT2D eigenvalue weighted by Gasteiger charge is -2.40. The molecule has 60 heavy (non-hydrogen) atoms. The topological polar surface area (TPSA) is 189 Å². The second-order valence-electron chi connectivity index (χ2n) is 17.5. The van der Waals surface area contributed by atoms with Gasteiger partial charge in [0.15, 0.2) is 6.29 Å². The molecule has 0 aromatic heterocycles. The summed E-state index contributed by atoms with van der Waals surface area (Å²) in [5.41, 5.74) is 0. The minimum atomic E-state index is -1.66. The molecular formula is C49H93NO10. The number of allylic oxidation sites excluding steroid dienone is 4. The van der Waals surface area contributed by atoms with Gasteiger partial charge >= 0.3 is 0 Å². The standard InChI is InChI=1S/C49H93NO10/c1-3-5-7-9-11-13-15-17-19-20-21-22-23-25-27-29-31-33-35-37-42(53)48(58)50-40(39-59-49-47(57)46(56)45(55)43(38-51)60-49)44(54)41(52)36-34-32-30-28-26-24-18-16-14-12-10-8-6-4-2/h13-16,40-47,49,51-57H,3-12,17-39H2,1-2H3,(H,50,58)/b15-13-,16-14-/t40-,41+,42-,43+,44-,45+,46-,47+,49+/m0/s1. The van der Waals surface area contributed by atoms with Crippen LogP contribution in [-0.2, 0) is 14.3 Å². The molecule has 0 aromatic rings. The smallest absolute Gasteiger partial charge is 0.249 e. The van der Waals surface area contributed by atoms with Gasteiger partial charge in [0.05, 0.1) is 25.4 Å². The van der Waals surface area contributed by atoms with Crippen LogP contribution in [0.15, 0.2) is 24.3 Å². The molecular weight excluding hydrogens is 763 g/mol. The SMILES string of the molecule is CCCCCC/C=C\CCCCCCCCCCCCC[C@H](O)C(=O)N[C@@H](CO[C@@H]1O[C@H](CO)[C@@H](O)[C@H](O)[C@H]1O)[C@H](O)[C@H](O)CCCCCCCC/C=C\CCCCCC. The van der Waals surface area contributed by atoms with Crippen molar-refractivity contribution in [3.05, 3.63) is 24.3 Å². The van der Waals surface area contributed by atoms with Crippen molar-refractivity contribution >= 4 is 5.91 Å². The van der Waals surface area contributed by atoms with Gasteiger partial charge in [-0.25, -0.2) is 0 Å². The fourth-order valence-corrected chi connectivity index (χ4v) is 7.84. The minimum Gasteiger partial charge on any atom is -0.394 e. The van der Waals surface area contributed by atoms with Gasteiger partial charge in [0, 0.05) is 0 Å². The Hall–Kier alpha value is -1.41. The lowest BCUT2D eigenvalue weighted by molar-refractivity contribution is -0.303. The molecule has 0 spiro atoms. The zero-order valence-electron chi connectivity index (χ0n) is 38.2. The number of aliphatic hydroxyl groups excluding tert-OH is 7. The van der Waals surface area contributed by atoms with Crippen LogP contribution in [0.25, 0.3) is 0 Å². The summed E-state index contributed by atoms with van der Waals surface area (Å²) in [4.78, 5) is 13.1. The van der Waals surface area contributed by atoms with Gasteiger partial charge < -0.3 is 50.5 Å². The monoisotopic (exact) mass is 856 g/mol. The third kappa shape index (κ3) is 28.3. The molecule has 1 aliphatic rings. The van der Waals surface area contributed by atoms with Gasteiger partial charge in [-0.1, -0.05) is 173 Å². The van der Waals surface area contributed by atoms with Gasteiger partial charge in [0.2, 0.25) is 5.91 Å². The normalized spacial score (nSPS) is 21.8. The molecule has 1 rings (SSSR count). The van der Waals surface area contributed by atoms with Gasteiger partial charge in [0.1, 0.15) is 36.6 Å². The maximum Gasteiger partial charge on any atom is 0.249 e. The van der Waals surface area contributed by atoms with Crippen molar-refractivity contribution in [1.29, 1.82) is 0 Å². The minimum absolute atomic E-state index is 0.258. The van der Waals surface area contributed by atoms with Crippen molar-refractivity contribution in [3.8, 4) is 0 Å². The zero-order chi connectivity index (χ0) is 44.1. The summed E-state index contributed by atoms with van der Waals surface area (Å²) in [6.45, 7) is 3.42. The summed E-state index contributed by atoms with van der Waals surface area (Å²) in [6.07, 6.45) is 32.1. The number of hydrogen-bond donors (Lipinski definition) is 8. The van der Waals surface area contributed by atoms with E-state index in [0.717, 1.165) is 64.2 Å². The molecule has 0 saturated carbocycles. The van der Waals surface area contributed by atoms with E-state index >= 15 is 0 Å². The first-order valence-corrected chi connectivity index (χ1v) is 24.7. The highest BCUT2D eigenvalue weighted by Gasteiger charge is 2.44.